The lowest BCUT2D eigenvalue weighted by Crippen LogP contribution is -2.05. The monoisotopic (exact) mass is 303 g/mol. The second-order valence-electron chi connectivity index (χ2n) is 4.30. The fourth-order valence-electron chi connectivity index (χ4n) is 1.71. The number of nitrogens with zero attached hydrogens (tertiary/aromatic N) is 2. The summed E-state index contributed by atoms with van der Waals surface area (Å²) in [6.07, 6.45) is 0.988. The summed E-state index contributed by atoms with van der Waals surface area (Å²) >= 11 is 1.21. The van der Waals surface area contributed by atoms with Crippen molar-refractivity contribution in [3.05, 3.63) is 41.5 Å². The molecule has 21 heavy (non-hydrogen) atoms. The number of esters is 1. The van der Waals surface area contributed by atoms with E-state index in [2.05, 4.69) is 17.2 Å². The van der Waals surface area contributed by atoms with Crippen molar-refractivity contribution in [1.29, 1.82) is 0 Å². The van der Waals surface area contributed by atoms with E-state index >= 15 is 0 Å². The lowest BCUT2D eigenvalue weighted by atomic mass is 10.2. The van der Waals surface area contributed by atoms with Gasteiger partial charge in [-0.15, -0.1) is 10.2 Å². The van der Waals surface area contributed by atoms with Crippen LogP contribution in [0.2, 0.25) is 0 Å². The highest BCUT2D eigenvalue weighted by atomic mass is 32.1. The van der Waals surface area contributed by atoms with Crippen LogP contribution in [0.3, 0.4) is 0 Å². The van der Waals surface area contributed by atoms with Gasteiger partial charge in [-0.05, 0) is 37.1 Å². The summed E-state index contributed by atoms with van der Waals surface area (Å²) in [6, 6.07) is 9.45. The van der Waals surface area contributed by atoms with Crippen LogP contribution in [-0.4, -0.2) is 12.6 Å². The first-order chi connectivity index (χ1) is 10.1. The first-order valence-corrected chi connectivity index (χ1v) is 7.52. The second-order valence-corrected chi connectivity index (χ2v) is 5.37. The minimum atomic E-state index is -0.431. The molecular formula is C15H17N3O2S. The molecule has 1 aromatic heterocycles. The number of ether oxygens (including phenoxy) is 1. The average molecular weight is 303 g/mol. The van der Waals surface area contributed by atoms with Crippen molar-refractivity contribution in [1.82, 2.24) is 0 Å². The lowest BCUT2D eigenvalue weighted by Gasteiger charge is -1.98. The third-order valence-corrected chi connectivity index (χ3v) is 3.70. The number of anilines is 1. The van der Waals surface area contributed by atoms with Gasteiger partial charge in [-0.25, -0.2) is 4.79 Å². The summed E-state index contributed by atoms with van der Waals surface area (Å²) in [5.74, 6) is -0.431. The predicted molar refractivity (Wildman–Crippen MR) is 84.7 cm³/mol. The molecule has 2 rings (SSSR count). The molecule has 0 spiro atoms. The molecule has 6 heteroatoms. The predicted octanol–water partition coefficient (Wildman–Crippen LogP) is 4.48. The number of rotatable bonds is 5. The van der Waals surface area contributed by atoms with Crippen molar-refractivity contribution in [2.75, 3.05) is 12.3 Å². The number of carbonyl (C=O) groups is 1. The first-order valence-electron chi connectivity index (χ1n) is 6.71. The van der Waals surface area contributed by atoms with E-state index in [4.69, 9.17) is 10.5 Å². The zero-order valence-corrected chi connectivity index (χ0v) is 12.8. The largest absolute Gasteiger partial charge is 0.462 e. The molecule has 0 aliphatic heterocycles. The maximum absolute atomic E-state index is 11.7. The molecule has 5 nitrogen and oxygen atoms in total. The van der Waals surface area contributed by atoms with Crippen LogP contribution in [0.4, 0.5) is 15.7 Å². The van der Waals surface area contributed by atoms with E-state index < -0.39 is 5.97 Å². The van der Waals surface area contributed by atoms with Gasteiger partial charge in [0.1, 0.15) is 10.0 Å². The summed E-state index contributed by atoms with van der Waals surface area (Å²) in [6.45, 7) is 4.16. The normalized spacial score (nSPS) is 11.0. The number of nitrogen functional groups attached to an aromatic ring is 1. The summed E-state index contributed by atoms with van der Waals surface area (Å²) < 4.78 is 4.93. The van der Waals surface area contributed by atoms with Gasteiger partial charge in [0.15, 0.2) is 0 Å². The maximum atomic E-state index is 11.7. The van der Waals surface area contributed by atoms with E-state index in [-0.39, 0.29) is 0 Å². The smallest absolute Gasteiger partial charge is 0.341 e. The first kappa shape index (κ1) is 15.2. The van der Waals surface area contributed by atoms with E-state index in [0.717, 1.165) is 12.1 Å². The van der Waals surface area contributed by atoms with Gasteiger partial charge >= 0.3 is 5.97 Å². The average Bonchev–Trinajstić information content (AvgIpc) is 2.87. The molecule has 1 heterocycles. The summed E-state index contributed by atoms with van der Waals surface area (Å²) in [4.78, 5) is 11.7. The van der Waals surface area contributed by atoms with Crippen LogP contribution in [-0.2, 0) is 11.2 Å². The van der Waals surface area contributed by atoms with Crippen LogP contribution in [0.1, 0.15) is 29.8 Å². The number of nitrogens with two attached hydrogens (primary N) is 1. The van der Waals surface area contributed by atoms with Crippen LogP contribution in [0.25, 0.3) is 0 Å². The number of hydrogen-bond acceptors (Lipinski definition) is 6. The van der Waals surface area contributed by atoms with Crippen LogP contribution < -0.4 is 5.73 Å². The molecule has 2 aromatic rings. The molecule has 0 unspecified atom stereocenters. The molecule has 110 valence electrons. The Morgan fingerprint density at radius 3 is 2.57 bits per heavy atom. The summed E-state index contributed by atoms with van der Waals surface area (Å²) in [5, 5.41) is 9.22. The quantitative estimate of drug-likeness (QED) is 0.653. The highest BCUT2D eigenvalue weighted by molar-refractivity contribution is 7.19. The fourth-order valence-corrected chi connectivity index (χ4v) is 2.45. The van der Waals surface area contributed by atoms with E-state index in [1.165, 1.54) is 16.9 Å². The number of azo groups is 1. The molecule has 0 saturated carbocycles. The zero-order chi connectivity index (χ0) is 15.2. The number of hydrogen-bond donors (Lipinski definition) is 1. The fraction of sp³-hybridized carbons (Fsp3) is 0.267. The van der Waals surface area contributed by atoms with Crippen molar-refractivity contribution in [2.45, 2.75) is 20.3 Å². The minimum absolute atomic E-state index is 0.314. The van der Waals surface area contributed by atoms with E-state index in [0.29, 0.717) is 22.2 Å². The molecule has 0 saturated heterocycles. The number of aryl methyl sites for hydroxylation is 1. The van der Waals surface area contributed by atoms with E-state index in [9.17, 15) is 4.79 Å². The molecule has 0 bridgehead atoms. The molecule has 0 fully saturated rings. The Kier molecular flexibility index (Phi) is 5.05. The standard InChI is InChI=1S/C15H17N3O2S/c1-3-10-5-7-11(8-6-10)17-18-13-9-12(14(16)21-13)15(19)20-4-2/h5-9H,3-4,16H2,1-2H3. The molecule has 0 aliphatic rings. The maximum Gasteiger partial charge on any atom is 0.341 e. The van der Waals surface area contributed by atoms with Crippen molar-refractivity contribution in [2.24, 2.45) is 10.2 Å². The van der Waals surface area contributed by atoms with Crippen molar-refractivity contribution < 1.29 is 9.53 Å². The Balaban J connectivity index is 2.13. The van der Waals surface area contributed by atoms with Gasteiger partial charge in [-0.3, -0.25) is 0 Å². The Bertz CT molecular complexity index is 647. The second kappa shape index (κ2) is 6.99. The SMILES string of the molecule is CCOC(=O)c1cc(N=Nc2ccc(CC)cc2)sc1N. The minimum Gasteiger partial charge on any atom is -0.462 e. The number of carbonyl (C=O) groups excluding carboxylic acids is 1. The molecule has 0 atom stereocenters. The van der Waals surface area contributed by atoms with Crippen molar-refractivity contribution in [3.63, 3.8) is 0 Å². The summed E-state index contributed by atoms with van der Waals surface area (Å²) in [7, 11) is 0. The number of benzene rings is 1. The molecule has 0 amide bonds. The topological polar surface area (TPSA) is 77.0 Å². The van der Waals surface area contributed by atoms with Crippen molar-refractivity contribution >= 4 is 33.0 Å². The number of thiophene rings is 1. The van der Waals surface area contributed by atoms with Gasteiger partial charge in [0.25, 0.3) is 0 Å². The summed E-state index contributed by atoms with van der Waals surface area (Å²) in [5.41, 5.74) is 8.15. The third kappa shape index (κ3) is 3.88. The van der Waals surface area contributed by atoms with Crippen LogP contribution in [0, 0.1) is 0 Å². The van der Waals surface area contributed by atoms with Gasteiger partial charge < -0.3 is 10.5 Å². The lowest BCUT2D eigenvalue weighted by molar-refractivity contribution is 0.0528. The highest BCUT2D eigenvalue weighted by Gasteiger charge is 2.14. The van der Waals surface area contributed by atoms with Crippen molar-refractivity contribution in [3.8, 4) is 0 Å². The van der Waals surface area contributed by atoms with E-state index in [1.807, 2.05) is 24.3 Å². The Morgan fingerprint density at radius 1 is 1.24 bits per heavy atom. The van der Waals surface area contributed by atoms with Gasteiger partial charge in [0.05, 0.1) is 17.9 Å². The van der Waals surface area contributed by atoms with E-state index in [1.54, 1.807) is 13.0 Å². The van der Waals surface area contributed by atoms with Gasteiger partial charge in [-0.1, -0.05) is 30.4 Å². The Labute approximate surface area is 127 Å². The van der Waals surface area contributed by atoms with Gasteiger partial charge in [0.2, 0.25) is 0 Å². The Hall–Kier alpha value is -2.21. The van der Waals surface area contributed by atoms with Gasteiger partial charge in [-0.2, -0.15) is 0 Å². The van der Waals surface area contributed by atoms with Crippen LogP contribution in [0.5, 0.6) is 0 Å². The molecule has 0 aliphatic carbocycles. The molecular weight excluding hydrogens is 286 g/mol. The molecule has 1 aromatic carbocycles. The van der Waals surface area contributed by atoms with Crippen LogP contribution in [0.15, 0.2) is 40.6 Å². The highest BCUT2D eigenvalue weighted by Crippen LogP contribution is 2.33. The Morgan fingerprint density at radius 2 is 1.95 bits per heavy atom. The molecule has 0 radical (unpaired) electrons. The zero-order valence-electron chi connectivity index (χ0n) is 12.0. The van der Waals surface area contributed by atoms with Gasteiger partial charge in [0, 0.05) is 0 Å². The third-order valence-electron chi connectivity index (χ3n) is 2.85. The molecule has 2 N–H and O–H groups in total. The van der Waals surface area contributed by atoms with Crippen LogP contribution >= 0.6 is 11.3 Å².